The second kappa shape index (κ2) is 10.1. The maximum absolute atomic E-state index is 13.4. The molecule has 0 spiro atoms. The minimum atomic E-state index is -0.167. The lowest BCUT2D eigenvalue weighted by Gasteiger charge is -2.30. The first-order valence-corrected chi connectivity index (χ1v) is 12.2. The molecule has 0 aliphatic carbocycles. The lowest BCUT2D eigenvalue weighted by molar-refractivity contribution is -0.121. The predicted molar refractivity (Wildman–Crippen MR) is 133 cm³/mol. The number of likely N-dealkylation sites (tertiary alicyclic amines) is 1. The van der Waals surface area contributed by atoms with Gasteiger partial charge in [-0.15, -0.1) is 10.2 Å². The number of rotatable bonds is 6. The van der Waals surface area contributed by atoms with Gasteiger partial charge in [0.15, 0.2) is 5.69 Å². The Kier molecular flexibility index (Phi) is 6.53. The van der Waals surface area contributed by atoms with E-state index < -0.39 is 0 Å². The molecule has 3 heterocycles. The maximum Gasteiger partial charge on any atom is 0.274 e. The van der Waals surface area contributed by atoms with Gasteiger partial charge in [-0.2, -0.15) is 5.10 Å². The van der Waals surface area contributed by atoms with Gasteiger partial charge in [-0.3, -0.25) is 9.59 Å². The van der Waals surface area contributed by atoms with Crippen LogP contribution in [0, 0.1) is 5.92 Å². The minimum Gasteiger partial charge on any atom is -0.497 e. The Morgan fingerprint density at radius 1 is 1.06 bits per heavy atom. The van der Waals surface area contributed by atoms with Crippen LogP contribution in [0.2, 0.25) is 0 Å². The normalized spacial score (nSPS) is 14.0. The van der Waals surface area contributed by atoms with Crippen LogP contribution in [-0.2, 0) is 4.79 Å². The molecule has 1 aliphatic heterocycles. The summed E-state index contributed by atoms with van der Waals surface area (Å²) in [5.74, 6) is 0.370. The van der Waals surface area contributed by atoms with E-state index in [1.807, 2.05) is 60.7 Å². The third kappa shape index (κ3) is 4.92. The van der Waals surface area contributed by atoms with Gasteiger partial charge < -0.3 is 15.0 Å². The van der Waals surface area contributed by atoms with E-state index in [4.69, 9.17) is 4.74 Å². The number of carbonyl (C=O) groups is 2. The topological polar surface area (TPSA) is 102 Å². The molecule has 1 saturated heterocycles. The number of nitrogens with zero attached hydrogens (tertiary/aromatic N) is 5. The van der Waals surface area contributed by atoms with Crippen molar-refractivity contribution in [1.82, 2.24) is 24.9 Å². The van der Waals surface area contributed by atoms with E-state index in [9.17, 15) is 9.59 Å². The predicted octanol–water partition coefficient (Wildman–Crippen LogP) is 3.89. The number of anilines is 1. The quantitative estimate of drug-likeness (QED) is 0.442. The van der Waals surface area contributed by atoms with Crippen molar-refractivity contribution in [2.24, 2.45) is 5.92 Å². The van der Waals surface area contributed by atoms with E-state index in [2.05, 4.69) is 20.6 Å². The molecule has 2 amide bonds. The van der Waals surface area contributed by atoms with Crippen molar-refractivity contribution in [3.8, 4) is 22.7 Å². The smallest absolute Gasteiger partial charge is 0.274 e. The summed E-state index contributed by atoms with van der Waals surface area (Å²) in [7, 11) is 1.63. The second-order valence-electron chi connectivity index (χ2n) is 8.19. The summed E-state index contributed by atoms with van der Waals surface area (Å²) in [5, 5.41) is 15.6. The lowest BCUT2D eigenvalue weighted by atomic mass is 9.96. The average molecular weight is 489 g/mol. The van der Waals surface area contributed by atoms with Crippen molar-refractivity contribution >= 4 is 28.3 Å². The zero-order valence-corrected chi connectivity index (χ0v) is 19.9. The molecule has 0 atom stereocenters. The third-order valence-corrected chi connectivity index (χ3v) is 6.66. The zero-order valence-electron chi connectivity index (χ0n) is 19.1. The SMILES string of the molecule is COc1ccc(-c2cc(C(=O)N3CCC(C(=O)Nc4nncs4)CC3)nn2-c2ccccc2)cc1. The summed E-state index contributed by atoms with van der Waals surface area (Å²) >= 11 is 1.28. The van der Waals surface area contributed by atoms with Gasteiger partial charge in [0.1, 0.15) is 11.3 Å². The zero-order chi connectivity index (χ0) is 24.2. The Labute approximate surface area is 206 Å². The molecule has 5 rings (SSSR count). The number of piperidine rings is 1. The fourth-order valence-electron chi connectivity index (χ4n) is 4.16. The molecule has 178 valence electrons. The van der Waals surface area contributed by atoms with Crippen molar-refractivity contribution < 1.29 is 14.3 Å². The van der Waals surface area contributed by atoms with Crippen LogP contribution in [0.4, 0.5) is 5.13 Å². The summed E-state index contributed by atoms with van der Waals surface area (Å²) in [5.41, 5.74) is 4.55. The molecule has 0 unspecified atom stereocenters. The van der Waals surface area contributed by atoms with E-state index in [1.165, 1.54) is 11.3 Å². The monoisotopic (exact) mass is 488 g/mol. The van der Waals surface area contributed by atoms with E-state index in [0.29, 0.717) is 36.8 Å². The van der Waals surface area contributed by atoms with Crippen LogP contribution in [0.15, 0.2) is 66.2 Å². The molecule has 0 saturated carbocycles. The van der Waals surface area contributed by atoms with Gasteiger partial charge in [0, 0.05) is 24.6 Å². The van der Waals surface area contributed by atoms with Crippen LogP contribution in [0.1, 0.15) is 23.3 Å². The van der Waals surface area contributed by atoms with Gasteiger partial charge in [0.05, 0.1) is 18.5 Å². The van der Waals surface area contributed by atoms with Gasteiger partial charge in [0.2, 0.25) is 11.0 Å². The molecule has 2 aromatic heterocycles. The van der Waals surface area contributed by atoms with Crippen LogP contribution < -0.4 is 10.1 Å². The van der Waals surface area contributed by atoms with Crippen molar-refractivity contribution in [3.05, 3.63) is 71.9 Å². The Balaban J connectivity index is 1.34. The number of hydrogen-bond donors (Lipinski definition) is 1. The summed E-state index contributed by atoms with van der Waals surface area (Å²) < 4.78 is 7.07. The van der Waals surface area contributed by atoms with Crippen molar-refractivity contribution in [2.75, 3.05) is 25.5 Å². The van der Waals surface area contributed by atoms with E-state index in [1.54, 1.807) is 22.2 Å². The fraction of sp³-hybridized carbons (Fsp3) is 0.240. The number of nitrogens with one attached hydrogen (secondary N) is 1. The molecule has 9 nitrogen and oxygen atoms in total. The number of hydrogen-bond acceptors (Lipinski definition) is 7. The van der Waals surface area contributed by atoms with E-state index in [0.717, 1.165) is 22.7 Å². The summed E-state index contributed by atoms with van der Waals surface area (Å²) in [6.45, 7) is 0.978. The molecule has 10 heteroatoms. The summed E-state index contributed by atoms with van der Waals surface area (Å²) in [4.78, 5) is 27.7. The fourth-order valence-corrected chi connectivity index (χ4v) is 4.61. The molecule has 1 N–H and O–H groups in total. The first kappa shape index (κ1) is 22.7. The third-order valence-electron chi connectivity index (χ3n) is 6.06. The van der Waals surface area contributed by atoms with Gasteiger partial charge in [-0.1, -0.05) is 29.5 Å². The number of aromatic nitrogens is 4. The van der Waals surface area contributed by atoms with Gasteiger partial charge in [-0.25, -0.2) is 4.68 Å². The lowest BCUT2D eigenvalue weighted by Crippen LogP contribution is -2.41. The van der Waals surface area contributed by atoms with Gasteiger partial charge >= 0.3 is 0 Å². The van der Waals surface area contributed by atoms with Crippen molar-refractivity contribution in [1.29, 1.82) is 0 Å². The standard InChI is InChI=1S/C25H24N6O3S/c1-34-20-9-7-17(8-10-20)22-15-21(29-31(22)19-5-3-2-4-6-19)24(33)30-13-11-18(12-14-30)23(32)27-25-28-26-16-35-25/h2-10,15-16,18H,11-14H2,1H3,(H,27,28,32). The van der Waals surface area contributed by atoms with Crippen molar-refractivity contribution in [2.45, 2.75) is 12.8 Å². The van der Waals surface area contributed by atoms with E-state index in [-0.39, 0.29) is 17.7 Å². The molecule has 0 bridgehead atoms. The highest BCUT2D eigenvalue weighted by Crippen LogP contribution is 2.28. The summed E-state index contributed by atoms with van der Waals surface area (Å²) in [6.07, 6.45) is 1.17. The first-order valence-electron chi connectivity index (χ1n) is 11.3. The van der Waals surface area contributed by atoms with Gasteiger partial charge in [0.25, 0.3) is 5.91 Å². The van der Waals surface area contributed by atoms with Crippen LogP contribution in [-0.4, -0.2) is 56.9 Å². The Bertz CT molecular complexity index is 1300. The second-order valence-corrected chi connectivity index (χ2v) is 9.02. The Morgan fingerprint density at radius 2 is 1.80 bits per heavy atom. The highest BCUT2D eigenvalue weighted by atomic mass is 32.1. The van der Waals surface area contributed by atoms with Crippen LogP contribution in [0.5, 0.6) is 5.75 Å². The number of amides is 2. The molecule has 2 aromatic carbocycles. The van der Waals surface area contributed by atoms with Crippen LogP contribution >= 0.6 is 11.3 Å². The van der Waals surface area contributed by atoms with Crippen molar-refractivity contribution in [3.63, 3.8) is 0 Å². The summed E-state index contributed by atoms with van der Waals surface area (Å²) in [6, 6.07) is 19.2. The highest BCUT2D eigenvalue weighted by molar-refractivity contribution is 7.13. The minimum absolute atomic E-state index is 0.0796. The molecular weight excluding hydrogens is 464 g/mol. The largest absolute Gasteiger partial charge is 0.497 e. The molecule has 1 aliphatic rings. The highest BCUT2D eigenvalue weighted by Gasteiger charge is 2.30. The number of para-hydroxylation sites is 1. The molecular formula is C25H24N6O3S. The maximum atomic E-state index is 13.4. The number of benzene rings is 2. The first-order chi connectivity index (χ1) is 17.1. The molecule has 4 aromatic rings. The molecule has 0 radical (unpaired) electrons. The number of carbonyl (C=O) groups excluding carboxylic acids is 2. The van der Waals surface area contributed by atoms with Crippen LogP contribution in [0.25, 0.3) is 16.9 Å². The van der Waals surface area contributed by atoms with E-state index >= 15 is 0 Å². The van der Waals surface area contributed by atoms with Crippen LogP contribution in [0.3, 0.4) is 0 Å². The Morgan fingerprint density at radius 3 is 2.46 bits per heavy atom. The van der Waals surface area contributed by atoms with Gasteiger partial charge in [-0.05, 0) is 55.3 Å². The molecule has 1 fully saturated rings. The average Bonchev–Trinajstić information content (AvgIpc) is 3.59. The number of ether oxygens (including phenoxy) is 1. The number of methoxy groups -OCH3 is 1. The molecule has 35 heavy (non-hydrogen) atoms. The Hall–Kier alpha value is -4.05.